The molecule has 1 atom stereocenters. The van der Waals surface area contributed by atoms with E-state index >= 15 is 0 Å². The van der Waals surface area contributed by atoms with E-state index in [1.807, 2.05) is 12.1 Å². The quantitative estimate of drug-likeness (QED) is 0.875. The van der Waals surface area contributed by atoms with Crippen LogP contribution in [0.4, 0.5) is 0 Å². The second-order valence-corrected chi connectivity index (χ2v) is 4.84. The van der Waals surface area contributed by atoms with Crippen LogP contribution in [0.25, 0.3) is 0 Å². The van der Waals surface area contributed by atoms with Crippen molar-refractivity contribution in [3.05, 3.63) is 59.5 Å². The summed E-state index contributed by atoms with van der Waals surface area (Å²) >= 11 is 0. The first-order chi connectivity index (χ1) is 8.15. The molecular weight excluding hydrogens is 210 g/mol. The first-order valence-corrected chi connectivity index (χ1v) is 5.94. The summed E-state index contributed by atoms with van der Waals surface area (Å²) in [5, 5.41) is 0. The third-order valence-corrected chi connectivity index (χ3v) is 3.39. The predicted octanol–water partition coefficient (Wildman–Crippen LogP) is 3.05. The van der Waals surface area contributed by atoms with Crippen LogP contribution in [0.5, 0.6) is 0 Å². The first-order valence-electron chi connectivity index (χ1n) is 5.94. The van der Waals surface area contributed by atoms with Crippen molar-refractivity contribution in [1.82, 2.24) is 0 Å². The average Bonchev–Trinajstić information content (AvgIpc) is 2.82. The van der Waals surface area contributed by atoms with E-state index in [9.17, 15) is 0 Å². The lowest BCUT2D eigenvalue weighted by Crippen LogP contribution is -2.34. The second kappa shape index (κ2) is 4.76. The van der Waals surface area contributed by atoms with Crippen molar-refractivity contribution in [2.45, 2.75) is 25.7 Å². The third-order valence-electron chi connectivity index (χ3n) is 3.39. The summed E-state index contributed by atoms with van der Waals surface area (Å²) < 4.78 is 5.44. The van der Waals surface area contributed by atoms with Crippen molar-refractivity contribution in [2.75, 3.05) is 6.54 Å². The van der Waals surface area contributed by atoms with Gasteiger partial charge < -0.3 is 10.2 Å². The van der Waals surface area contributed by atoms with Gasteiger partial charge in [-0.15, -0.1) is 0 Å². The highest BCUT2D eigenvalue weighted by atomic mass is 16.3. The van der Waals surface area contributed by atoms with Gasteiger partial charge in [-0.25, -0.2) is 0 Å². The monoisotopic (exact) mass is 229 g/mol. The lowest BCUT2D eigenvalue weighted by molar-refractivity contribution is 0.410. The summed E-state index contributed by atoms with van der Waals surface area (Å²) in [5.74, 6) is 0.987. The number of furan rings is 1. The Balaban J connectivity index is 2.34. The maximum atomic E-state index is 5.98. The van der Waals surface area contributed by atoms with E-state index in [-0.39, 0.29) is 5.41 Å². The Morgan fingerprint density at radius 3 is 2.53 bits per heavy atom. The van der Waals surface area contributed by atoms with Crippen LogP contribution in [-0.2, 0) is 11.8 Å². The molecule has 1 aromatic heterocycles. The molecule has 2 nitrogen and oxygen atoms in total. The summed E-state index contributed by atoms with van der Waals surface area (Å²) in [4.78, 5) is 0. The molecule has 90 valence electrons. The maximum absolute atomic E-state index is 5.98. The molecule has 0 saturated carbocycles. The lowest BCUT2D eigenvalue weighted by Gasteiger charge is -2.29. The Hall–Kier alpha value is -1.54. The van der Waals surface area contributed by atoms with Gasteiger partial charge in [0.1, 0.15) is 5.76 Å². The van der Waals surface area contributed by atoms with E-state index in [2.05, 4.69) is 38.1 Å². The van der Waals surface area contributed by atoms with Crippen LogP contribution in [0.1, 0.15) is 23.8 Å². The number of aryl methyl sites for hydroxylation is 1. The Morgan fingerprint density at radius 2 is 1.94 bits per heavy atom. The van der Waals surface area contributed by atoms with Gasteiger partial charge in [-0.3, -0.25) is 0 Å². The average molecular weight is 229 g/mol. The molecule has 0 radical (unpaired) electrons. The molecule has 17 heavy (non-hydrogen) atoms. The first kappa shape index (κ1) is 11.9. The van der Waals surface area contributed by atoms with Crippen LogP contribution in [0.15, 0.2) is 47.1 Å². The van der Waals surface area contributed by atoms with Gasteiger partial charge in [0.15, 0.2) is 0 Å². The van der Waals surface area contributed by atoms with E-state index in [1.54, 1.807) is 6.26 Å². The Kier molecular flexibility index (Phi) is 3.34. The Labute approximate surface area is 102 Å². The van der Waals surface area contributed by atoms with Crippen LogP contribution >= 0.6 is 0 Å². The fraction of sp³-hybridized carbons (Fsp3) is 0.333. The molecular formula is C15H19NO. The predicted molar refractivity (Wildman–Crippen MR) is 70.0 cm³/mol. The summed E-state index contributed by atoms with van der Waals surface area (Å²) in [6.07, 6.45) is 2.55. The van der Waals surface area contributed by atoms with Crippen LogP contribution in [-0.4, -0.2) is 6.54 Å². The normalized spacial score (nSPS) is 14.5. The largest absolute Gasteiger partial charge is 0.469 e. The zero-order valence-electron chi connectivity index (χ0n) is 10.4. The van der Waals surface area contributed by atoms with E-state index in [0.29, 0.717) is 6.54 Å². The Bertz CT molecular complexity index is 475. The molecule has 2 N–H and O–H groups in total. The highest BCUT2D eigenvalue weighted by Crippen LogP contribution is 2.29. The molecule has 0 spiro atoms. The summed E-state index contributed by atoms with van der Waals surface area (Å²) in [6.45, 7) is 4.93. The highest BCUT2D eigenvalue weighted by molar-refractivity contribution is 5.34. The highest BCUT2D eigenvalue weighted by Gasteiger charge is 2.27. The van der Waals surface area contributed by atoms with Gasteiger partial charge in [0, 0.05) is 18.4 Å². The standard InChI is InChI=1S/C15H19NO/c1-12-6-3-4-8-14(12)15(2,11-16)10-13-7-5-9-17-13/h3-9H,10-11,16H2,1-2H3. The van der Waals surface area contributed by atoms with Crippen molar-refractivity contribution in [1.29, 1.82) is 0 Å². The van der Waals surface area contributed by atoms with E-state index in [0.717, 1.165) is 12.2 Å². The SMILES string of the molecule is Cc1ccccc1C(C)(CN)Cc1ccco1. The fourth-order valence-corrected chi connectivity index (χ4v) is 2.33. The molecule has 2 heteroatoms. The molecule has 0 bridgehead atoms. The number of rotatable bonds is 4. The molecule has 1 heterocycles. The van der Waals surface area contributed by atoms with E-state index in [1.165, 1.54) is 11.1 Å². The van der Waals surface area contributed by atoms with Gasteiger partial charge in [-0.05, 0) is 30.2 Å². The van der Waals surface area contributed by atoms with Gasteiger partial charge in [-0.1, -0.05) is 31.2 Å². The van der Waals surface area contributed by atoms with Gasteiger partial charge in [0.05, 0.1) is 6.26 Å². The van der Waals surface area contributed by atoms with Crippen LogP contribution in [0, 0.1) is 6.92 Å². The topological polar surface area (TPSA) is 39.2 Å². The molecule has 1 unspecified atom stereocenters. The van der Waals surface area contributed by atoms with Crippen molar-refractivity contribution < 1.29 is 4.42 Å². The number of benzene rings is 1. The lowest BCUT2D eigenvalue weighted by atomic mass is 9.77. The molecule has 2 aromatic rings. The minimum Gasteiger partial charge on any atom is -0.469 e. The zero-order chi connectivity index (χ0) is 12.3. The summed E-state index contributed by atoms with van der Waals surface area (Å²) in [6, 6.07) is 12.3. The van der Waals surface area contributed by atoms with Crippen LogP contribution < -0.4 is 5.73 Å². The van der Waals surface area contributed by atoms with Crippen molar-refractivity contribution >= 4 is 0 Å². The van der Waals surface area contributed by atoms with Gasteiger partial charge >= 0.3 is 0 Å². The molecule has 0 aliphatic carbocycles. The minimum atomic E-state index is -0.0663. The number of hydrogen-bond acceptors (Lipinski definition) is 2. The van der Waals surface area contributed by atoms with Crippen molar-refractivity contribution in [3.63, 3.8) is 0 Å². The maximum Gasteiger partial charge on any atom is 0.104 e. The van der Waals surface area contributed by atoms with Crippen molar-refractivity contribution in [2.24, 2.45) is 5.73 Å². The smallest absolute Gasteiger partial charge is 0.104 e. The zero-order valence-corrected chi connectivity index (χ0v) is 10.4. The molecule has 2 rings (SSSR count). The van der Waals surface area contributed by atoms with E-state index < -0.39 is 0 Å². The Morgan fingerprint density at radius 1 is 1.18 bits per heavy atom. The van der Waals surface area contributed by atoms with Crippen LogP contribution in [0.2, 0.25) is 0 Å². The molecule has 0 saturated heterocycles. The van der Waals surface area contributed by atoms with Crippen LogP contribution in [0.3, 0.4) is 0 Å². The minimum absolute atomic E-state index is 0.0663. The summed E-state index contributed by atoms with van der Waals surface area (Å²) in [7, 11) is 0. The number of nitrogens with two attached hydrogens (primary N) is 1. The molecule has 0 fully saturated rings. The van der Waals surface area contributed by atoms with Gasteiger partial charge in [-0.2, -0.15) is 0 Å². The van der Waals surface area contributed by atoms with Gasteiger partial charge in [0.2, 0.25) is 0 Å². The number of hydrogen-bond donors (Lipinski definition) is 1. The van der Waals surface area contributed by atoms with E-state index in [4.69, 9.17) is 10.2 Å². The molecule has 1 aromatic carbocycles. The molecule has 0 aliphatic rings. The third kappa shape index (κ3) is 2.42. The van der Waals surface area contributed by atoms with Gasteiger partial charge in [0.25, 0.3) is 0 Å². The van der Waals surface area contributed by atoms with Crippen molar-refractivity contribution in [3.8, 4) is 0 Å². The summed E-state index contributed by atoms with van der Waals surface area (Å²) in [5.41, 5.74) is 8.51. The second-order valence-electron chi connectivity index (χ2n) is 4.84. The fourth-order valence-electron chi connectivity index (χ4n) is 2.33. The molecule has 0 amide bonds. The molecule has 0 aliphatic heterocycles.